The van der Waals surface area contributed by atoms with Crippen LogP contribution in [-0.4, -0.2) is 36.4 Å². The zero-order chi connectivity index (χ0) is 33.6. The fourth-order valence-corrected chi connectivity index (χ4v) is 4.69. The second-order valence-electron chi connectivity index (χ2n) is 11.9. The van der Waals surface area contributed by atoms with Gasteiger partial charge in [-0.2, -0.15) is 0 Å². The van der Waals surface area contributed by atoms with Crippen molar-refractivity contribution in [3.8, 4) is 0 Å². The molecule has 1 N–H and O–H groups in total. The minimum Gasteiger partial charge on any atom is -0.462 e. The molecule has 5 nitrogen and oxygen atoms in total. The summed E-state index contributed by atoms with van der Waals surface area (Å²) in [4.78, 5) is 24.2. The Morgan fingerprint density at radius 3 is 1.41 bits per heavy atom. The zero-order valence-corrected chi connectivity index (χ0v) is 29.6. The highest BCUT2D eigenvalue weighted by Crippen LogP contribution is 2.10. The maximum atomic E-state index is 12.1. The smallest absolute Gasteiger partial charge is 0.306 e. The normalized spacial score (nSPS) is 13.0. The van der Waals surface area contributed by atoms with Gasteiger partial charge in [0.1, 0.15) is 6.61 Å². The lowest BCUT2D eigenvalue weighted by Gasteiger charge is -2.15. The number of ether oxygens (including phenoxy) is 2. The molecule has 0 saturated heterocycles. The lowest BCUT2D eigenvalue weighted by Crippen LogP contribution is -2.28. The molecule has 0 radical (unpaired) electrons. The summed E-state index contributed by atoms with van der Waals surface area (Å²) in [6.07, 6.45) is 48.1. The first-order valence-corrected chi connectivity index (χ1v) is 18.5. The van der Waals surface area contributed by atoms with Gasteiger partial charge in [0.15, 0.2) is 6.10 Å². The Labute approximate surface area is 283 Å². The number of rotatable bonds is 32. The van der Waals surface area contributed by atoms with Crippen molar-refractivity contribution in [2.24, 2.45) is 0 Å². The molecule has 46 heavy (non-hydrogen) atoms. The van der Waals surface area contributed by atoms with E-state index in [9.17, 15) is 14.7 Å². The van der Waals surface area contributed by atoms with E-state index in [0.717, 1.165) is 96.3 Å². The molecule has 0 aromatic carbocycles. The van der Waals surface area contributed by atoms with Gasteiger partial charge in [0, 0.05) is 12.8 Å². The Balaban J connectivity index is 3.67. The molecule has 5 heteroatoms. The van der Waals surface area contributed by atoms with Crippen LogP contribution in [0.3, 0.4) is 0 Å². The van der Waals surface area contributed by atoms with Crippen LogP contribution in [0.25, 0.3) is 0 Å². The minimum atomic E-state index is -0.793. The Morgan fingerprint density at radius 1 is 0.522 bits per heavy atom. The molecule has 0 spiro atoms. The van der Waals surface area contributed by atoms with Gasteiger partial charge in [-0.05, 0) is 83.5 Å². The quantitative estimate of drug-likeness (QED) is 0.0450. The largest absolute Gasteiger partial charge is 0.462 e. The third kappa shape index (κ3) is 34.2. The highest BCUT2D eigenvalue weighted by atomic mass is 16.6. The van der Waals surface area contributed by atoms with Gasteiger partial charge in [-0.25, -0.2) is 0 Å². The molecule has 1 atom stereocenters. The highest BCUT2D eigenvalue weighted by Gasteiger charge is 2.16. The first-order valence-electron chi connectivity index (χ1n) is 18.5. The molecule has 0 heterocycles. The summed E-state index contributed by atoms with van der Waals surface area (Å²) in [5, 5.41) is 9.53. The molecule has 0 aliphatic rings. The van der Waals surface area contributed by atoms with Gasteiger partial charge in [0.2, 0.25) is 0 Å². The molecular weight excluding hydrogens is 572 g/mol. The molecule has 0 unspecified atom stereocenters. The molecule has 0 bridgehead atoms. The first-order chi connectivity index (χ1) is 22.6. The van der Waals surface area contributed by atoms with Gasteiger partial charge < -0.3 is 14.6 Å². The summed E-state index contributed by atoms with van der Waals surface area (Å²) in [6.45, 7) is 3.94. The van der Waals surface area contributed by atoms with Crippen LogP contribution in [0.15, 0.2) is 72.9 Å². The Hall–Kier alpha value is -2.66. The summed E-state index contributed by atoms with van der Waals surface area (Å²) in [7, 11) is 0. The maximum Gasteiger partial charge on any atom is 0.306 e. The number of hydrogen-bond acceptors (Lipinski definition) is 5. The van der Waals surface area contributed by atoms with Crippen molar-refractivity contribution < 1.29 is 24.2 Å². The fraction of sp³-hybridized carbons (Fsp3) is 0.659. The number of aliphatic hydroxyl groups excluding tert-OH is 1. The summed E-state index contributed by atoms with van der Waals surface area (Å²) < 4.78 is 10.6. The first kappa shape index (κ1) is 43.3. The Bertz CT molecular complexity index is 864. The van der Waals surface area contributed by atoms with Crippen molar-refractivity contribution in [2.75, 3.05) is 13.2 Å². The van der Waals surface area contributed by atoms with Gasteiger partial charge in [0.05, 0.1) is 6.61 Å². The standard InChI is InChI=1S/C41H68O5/c1-3-5-7-9-11-13-15-17-19-20-22-24-26-28-30-32-34-36-41(44)46-39(37-42)38-45-40(43)35-33-31-29-27-25-23-21-18-16-14-12-10-8-6-4-2/h6,8,11-14,17-19,21-22,24,39,42H,3-5,7,9-10,15-16,20,23,25-38H2,1-2H3/t39-/m0/s1. The van der Waals surface area contributed by atoms with E-state index >= 15 is 0 Å². The van der Waals surface area contributed by atoms with Crippen LogP contribution in [0.4, 0.5) is 0 Å². The van der Waals surface area contributed by atoms with Crippen LogP contribution in [0.2, 0.25) is 0 Å². The lowest BCUT2D eigenvalue weighted by molar-refractivity contribution is -0.161. The van der Waals surface area contributed by atoms with E-state index in [1.807, 2.05) is 0 Å². The lowest BCUT2D eigenvalue weighted by atomic mass is 10.1. The molecule has 0 aliphatic heterocycles. The van der Waals surface area contributed by atoms with Crippen molar-refractivity contribution >= 4 is 11.9 Å². The Kier molecular flexibility index (Phi) is 34.7. The van der Waals surface area contributed by atoms with E-state index in [1.54, 1.807) is 0 Å². The number of unbranched alkanes of at least 4 members (excludes halogenated alkanes) is 12. The predicted molar refractivity (Wildman–Crippen MR) is 196 cm³/mol. The van der Waals surface area contributed by atoms with Crippen LogP contribution in [0.5, 0.6) is 0 Å². The highest BCUT2D eigenvalue weighted by molar-refractivity contribution is 5.70. The monoisotopic (exact) mass is 641 g/mol. The third-order valence-corrected chi connectivity index (χ3v) is 7.48. The number of aliphatic hydroxyl groups is 1. The average Bonchev–Trinajstić information content (AvgIpc) is 3.06. The molecule has 0 amide bonds. The third-order valence-electron chi connectivity index (χ3n) is 7.48. The topological polar surface area (TPSA) is 72.8 Å². The predicted octanol–water partition coefficient (Wildman–Crippen LogP) is 11.4. The fourth-order valence-electron chi connectivity index (χ4n) is 4.69. The number of carbonyl (C=O) groups is 2. The second kappa shape index (κ2) is 36.8. The van der Waals surface area contributed by atoms with Gasteiger partial charge in [0.25, 0.3) is 0 Å². The van der Waals surface area contributed by atoms with Crippen molar-refractivity contribution in [1.82, 2.24) is 0 Å². The summed E-state index contributed by atoms with van der Waals surface area (Å²) >= 11 is 0. The van der Waals surface area contributed by atoms with Crippen molar-refractivity contribution in [3.63, 3.8) is 0 Å². The number of esters is 2. The minimum absolute atomic E-state index is 0.0880. The van der Waals surface area contributed by atoms with Crippen LogP contribution >= 0.6 is 0 Å². The number of hydrogen-bond donors (Lipinski definition) is 1. The van der Waals surface area contributed by atoms with Crippen molar-refractivity contribution in [1.29, 1.82) is 0 Å². The van der Waals surface area contributed by atoms with Crippen molar-refractivity contribution in [2.45, 2.75) is 161 Å². The summed E-state index contributed by atoms with van der Waals surface area (Å²) in [6, 6.07) is 0. The van der Waals surface area contributed by atoms with Crippen LogP contribution in [0, 0.1) is 0 Å². The van der Waals surface area contributed by atoms with Gasteiger partial charge in [-0.15, -0.1) is 0 Å². The molecule has 0 aliphatic carbocycles. The molecule has 0 aromatic rings. The van der Waals surface area contributed by atoms with E-state index in [2.05, 4.69) is 86.8 Å². The van der Waals surface area contributed by atoms with Gasteiger partial charge in [-0.3, -0.25) is 9.59 Å². The van der Waals surface area contributed by atoms with E-state index < -0.39 is 6.10 Å². The summed E-state index contributed by atoms with van der Waals surface area (Å²) in [5.74, 6) is -0.644. The SMILES string of the molecule is CCC=CCC=CCC=CCCCCCCCC(=O)OC[C@H](CO)OC(=O)CCCCCCC=CCC=CCC=CCCCCC. The van der Waals surface area contributed by atoms with Crippen LogP contribution in [-0.2, 0) is 19.1 Å². The van der Waals surface area contributed by atoms with E-state index in [-0.39, 0.29) is 25.2 Å². The number of allylic oxidation sites excluding steroid dienone is 12. The van der Waals surface area contributed by atoms with E-state index in [0.29, 0.717) is 12.8 Å². The zero-order valence-electron chi connectivity index (χ0n) is 29.6. The molecule has 262 valence electrons. The van der Waals surface area contributed by atoms with Crippen LogP contribution < -0.4 is 0 Å². The second-order valence-corrected chi connectivity index (χ2v) is 11.9. The van der Waals surface area contributed by atoms with Crippen molar-refractivity contribution in [3.05, 3.63) is 72.9 Å². The van der Waals surface area contributed by atoms with Gasteiger partial charge >= 0.3 is 11.9 Å². The molecule has 0 saturated carbocycles. The van der Waals surface area contributed by atoms with Gasteiger partial charge in [-0.1, -0.05) is 132 Å². The van der Waals surface area contributed by atoms with Crippen LogP contribution in [0.1, 0.15) is 155 Å². The average molecular weight is 641 g/mol. The number of carbonyl (C=O) groups excluding carboxylic acids is 2. The Morgan fingerprint density at radius 2 is 0.935 bits per heavy atom. The molecule has 0 aromatic heterocycles. The molecule has 0 fully saturated rings. The molecule has 0 rings (SSSR count). The van der Waals surface area contributed by atoms with E-state index in [1.165, 1.54) is 32.1 Å². The van der Waals surface area contributed by atoms with E-state index in [4.69, 9.17) is 9.47 Å². The molecular formula is C41H68O5. The summed E-state index contributed by atoms with van der Waals surface area (Å²) in [5.41, 5.74) is 0. The maximum absolute atomic E-state index is 12.1.